The van der Waals surface area contributed by atoms with Crippen molar-refractivity contribution in [1.82, 2.24) is 4.98 Å². The lowest BCUT2D eigenvalue weighted by molar-refractivity contribution is 1.16. The molecule has 1 heterocycles. The van der Waals surface area contributed by atoms with E-state index in [1.165, 1.54) is 11.3 Å². The first-order valence-corrected chi connectivity index (χ1v) is 9.86. The minimum Gasteiger partial charge on any atom is -0.264 e. The van der Waals surface area contributed by atoms with Crippen molar-refractivity contribution in [3.63, 3.8) is 0 Å². The molecular weight excluding hydrogens is 380 g/mol. The molecule has 0 fully saturated rings. The van der Waals surface area contributed by atoms with E-state index in [1.54, 1.807) is 6.20 Å². The summed E-state index contributed by atoms with van der Waals surface area (Å²) >= 11 is 1.45. The van der Waals surface area contributed by atoms with E-state index in [4.69, 9.17) is 0 Å². The van der Waals surface area contributed by atoms with Crippen LogP contribution in [0.4, 0.5) is 27.9 Å². The highest BCUT2D eigenvalue weighted by Crippen LogP contribution is 2.35. The van der Waals surface area contributed by atoms with E-state index in [-0.39, 0.29) is 0 Å². The lowest BCUT2D eigenvalue weighted by Gasteiger charge is -2.06. The van der Waals surface area contributed by atoms with Crippen molar-refractivity contribution in [2.24, 2.45) is 25.4 Å². The number of fused-ring (bicyclic) bond motifs is 1. The quantitative estimate of drug-likeness (QED) is 0.247. The number of aromatic nitrogens is 1. The third kappa shape index (κ3) is 4.00. The fourth-order valence-corrected chi connectivity index (χ4v) is 3.42. The van der Waals surface area contributed by atoms with Gasteiger partial charge in [0.1, 0.15) is 0 Å². The van der Waals surface area contributed by atoms with Crippen molar-refractivity contribution in [2.45, 2.75) is 13.8 Å². The maximum absolute atomic E-state index is 4.50. The van der Waals surface area contributed by atoms with E-state index in [1.807, 2.05) is 67.8 Å². The molecule has 0 aliphatic rings. The monoisotopic (exact) mass is 398 g/mol. The predicted octanol–water partition coefficient (Wildman–Crippen LogP) is 8.08. The highest BCUT2D eigenvalue weighted by atomic mass is 32.1. The third-order valence-electron chi connectivity index (χ3n) is 4.49. The summed E-state index contributed by atoms with van der Waals surface area (Å²) < 4.78 is 0. The molecule has 0 unspecified atom stereocenters. The Labute approximate surface area is 172 Å². The fraction of sp³-hybridized carbons (Fsp3) is 0.0909. The van der Waals surface area contributed by atoms with Gasteiger partial charge in [-0.05, 0) is 56.0 Å². The lowest BCUT2D eigenvalue weighted by Crippen LogP contribution is -1.80. The molecule has 0 bridgehead atoms. The van der Waals surface area contributed by atoms with Crippen molar-refractivity contribution in [3.05, 3.63) is 71.2 Å². The number of aryl methyl sites for hydroxylation is 2. The Morgan fingerprint density at radius 1 is 0.759 bits per heavy atom. The van der Waals surface area contributed by atoms with Crippen LogP contribution in [0, 0.1) is 13.8 Å². The minimum absolute atomic E-state index is 0.634. The Balaban J connectivity index is 1.66. The SMILES string of the molecule is C=Nc1ccc(N=Nc2cc(C)c(N=Nc3nccs3)cc2C)c2ccccc12. The molecule has 0 radical (unpaired) electrons. The lowest BCUT2D eigenvalue weighted by atomic mass is 10.1. The molecular formula is C22H18N6S. The van der Waals surface area contributed by atoms with Crippen LogP contribution < -0.4 is 0 Å². The van der Waals surface area contributed by atoms with Gasteiger partial charge in [-0.2, -0.15) is 5.11 Å². The van der Waals surface area contributed by atoms with E-state index in [2.05, 4.69) is 37.2 Å². The number of thiazole rings is 1. The molecule has 0 saturated carbocycles. The maximum Gasteiger partial charge on any atom is 0.229 e. The first-order valence-electron chi connectivity index (χ1n) is 8.98. The zero-order chi connectivity index (χ0) is 20.2. The van der Waals surface area contributed by atoms with Gasteiger partial charge in [0.2, 0.25) is 5.13 Å². The first-order chi connectivity index (χ1) is 14.2. The second-order valence-corrected chi connectivity index (χ2v) is 7.32. The van der Waals surface area contributed by atoms with Gasteiger partial charge in [0.15, 0.2) is 0 Å². The van der Waals surface area contributed by atoms with Gasteiger partial charge in [0.05, 0.1) is 22.7 Å². The standard InChI is InChI=1S/C22H18N6S/c1-14-13-21(27-28-22-24-10-11-29-22)15(2)12-20(14)26-25-19-9-8-18(23-3)16-6-4-5-7-17(16)19/h4-13H,3H2,1-2H3. The van der Waals surface area contributed by atoms with Gasteiger partial charge >= 0.3 is 0 Å². The second-order valence-electron chi connectivity index (χ2n) is 6.45. The number of benzene rings is 3. The van der Waals surface area contributed by atoms with Crippen LogP contribution in [0.1, 0.15) is 11.1 Å². The summed E-state index contributed by atoms with van der Waals surface area (Å²) in [6, 6.07) is 15.7. The molecule has 0 aliphatic heterocycles. The fourth-order valence-electron chi connectivity index (χ4n) is 2.96. The van der Waals surface area contributed by atoms with Crippen LogP contribution in [0.3, 0.4) is 0 Å². The highest BCUT2D eigenvalue weighted by Gasteiger charge is 2.07. The second kappa shape index (κ2) is 8.20. The molecule has 6 nitrogen and oxygen atoms in total. The van der Waals surface area contributed by atoms with Gasteiger partial charge in [0.25, 0.3) is 0 Å². The molecule has 0 spiro atoms. The van der Waals surface area contributed by atoms with Crippen LogP contribution in [0.5, 0.6) is 0 Å². The first kappa shape index (κ1) is 18.8. The van der Waals surface area contributed by atoms with Gasteiger partial charge in [-0.3, -0.25) is 4.99 Å². The molecule has 142 valence electrons. The summed E-state index contributed by atoms with van der Waals surface area (Å²) in [4.78, 5) is 8.20. The zero-order valence-corrected chi connectivity index (χ0v) is 16.9. The highest BCUT2D eigenvalue weighted by molar-refractivity contribution is 7.13. The number of hydrogen-bond donors (Lipinski definition) is 0. The minimum atomic E-state index is 0.634. The molecule has 4 aromatic rings. The smallest absolute Gasteiger partial charge is 0.229 e. The Morgan fingerprint density at radius 3 is 1.97 bits per heavy atom. The molecule has 0 atom stereocenters. The molecule has 3 aromatic carbocycles. The largest absolute Gasteiger partial charge is 0.264 e. The van der Waals surface area contributed by atoms with E-state index >= 15 is 0 Å². The van der Waals surface area contributed by atoms with Crippen LogP contribution in [0.25, 0.3) is 10.8 Å². The topological polar surface area (TPSA) is 74.7 Å². The zero-order valence-electron chi connectivity index (χ0n) is 16.1. The molecule has 4 rings (SSSR count). The average Bonchev–Trinajstić information content (AvgIpc) is 3.26. The van der Waals surface area contributed by atoms with Gasteiger partial charge in [-0.25, -0.2) is 4.98 Å². The number of aliphatic imine (C=N–C) groups is 1. The predicted molar refractivity (Wildman–Crippen MR) is 120 cm³/mol. The summed E-state index contributed by atoms with van der Waals surface area (Å²) in [5.41, 5.74) is 5.16. The summed E-state index contributed by atoms with van der Waals surface area (Å²) in [7, 11) is 0. The molecule has 1 aromatic heterocycles. The van der Waals surface area contributed by atoms with Gasteiger partial charge in [0, 0.05) is 22.3 Å². The Morgan fingerprint density at radius 2 is 1.34 bits per heavy atom. The average molecular weight is 398 g/mol. The van der Waals surface area contributed by atoms with Crippen molar-refractivity contribution in [1.29, 1.82) is 0 Å². The molecule has 0 amide bonds. The van der Waals surface area contributed by atoms with Gasteiger partial charge in [-0.1, -0.05) is 24.3 Å². The summed E-state index contributed by atoms with van der Waals surface area (Å²) in [6.45, 7) is 7.61. The maximum atomic E-state index is 4.50. The summed E-state index contributed by atoms with van der Waals surface area (Å²) in [6.07, 6.45) is 1.71. The molecule has 0 aliphatic carbocycles. The Hall–Kier alpha value is -3.58. The molecule has 29 heavy (non-hydrogen) atoms. The number of hydrogen-bond acceptors (Lipinski definition) is 7. The number of nitrogens with zero attached hydrogens (tertiary/aromatic N) is 6. The third-order valence-corrected chi connectivity index (χ3v) is 5.15. The van der Waals surface area contributed by atoms with E-state index in [9.17, 15) is 0 Å². The van der Waals surface area contributed by atoms with E-state index < -0.39 is 0 Å². The number of rotatable bonds is 5. The summed E-state index contributed by atoms with van der Waals surface area (Å²) in [5.74, 6) is 0. The van der Waals surface area contributed by atoms with Crippen molar-refractivity contribution < 1.29 is 0 Å². The van der Waals surface area contributed by atoms with Crippen molar-refractivity contribution >= 4 is 56.7 Å². The van der Waals surface area contributed by atoms with E-state index in [0.717, 1.165) is 44.6 Å². The van der Waals surface area contributed by atoms with Crippen LogP contribution in [0.15, 0.2) is 85.6 Å². The van der Waals surface area contributed by atoms with E-state index in [0.29, 0.717) is 5.13 Å². The number of azo groups is 2. The van der Waals surface area contributed by atoms with Crippen LogP contribution >= 0.6 is 11.3 Å². The van der Waals surface area contributed by atoms with Gasteiger partial charge < -0.3 is 0 Å². The molecule has 7 heteroatoms. The normalized spacial score (nSPS) is 11.7. The van der Waals surface area contributed by atoms with Crippen LogP contribution in [0.2, 0.25) is 0 Å². The van der Waals surface area contributed by atoms with Gasteiger partial charge in [-0.15, -0.1) is 26.7 Å². The van der Waals surface area contributed by atoms with Crippen LogP contribution in [-0.2, 0) is 0 Å². The Bertz CT molecular complexity index is 1240. The van der Waals surface area contributed by atoms with Crippen molar-refractivity contribution in [2.75, 3.05) is 0 Å². The summed E-state index contributed by atoms with van der Waals surface area (Å²) in [5, 5.41) is 22.0. The van der Waals surface area contributed by atoms with Crippen molar-refractivity contribution in [3.8, 4) is 0 Å². The molecule has 0 saturated heterocycles. The Kier molecular flexibility index (Phi) is 5.31. The molecule has 0 N–H and O–H groups in total. The van der Waals surface area contributed by atoms with Crippen LogP contribution in [-0.4, -0.2) is 11.7 Å².